The van der Waals surface area contributed by atoms with E-state index in [1.165, 1.54) is 16.0 Å². The fourth-order valence-electron chi connectivity index (χ4n) is 5.31. The third-order valence-electron chi connectivity index (χ3n) is 6.96. The highest BCUT2D eigenvalue weighted by molar-refractivity contribution is 7.11. The number of nitrogens with zero attached hydrogens (tertiary/aromatic N) is 1. The zero-order valence-electron chi connectivity index (χ0n) is 16.2. The normalized spacial score (nSPS) is 22.9. The zero-order chi connectivity index (χ0) is 19.0. The first-order valence-corrected chi connectivity index (χ1v) is 11.3. The van der Waals surface area contributed by atoms with Gasteiger partial charge >= 0.3 is 0 Å². The van der Waals surface area contributed by atoms with Crippen LogP contribution in [0.3, 0.4) is 0 Å². The summed E-state index contributed by atoms with van der Waals surface area (Å²) in [6.07, 6.45) is 9.05. The van der Waals surface area contributed by atoms with Crippen LogP contribution in [0.15, 0.2) is 54.1 Å². The summed E-state index contributed by atoms with van der Waals surface area (Å²) in [5.74, 6) is 0.343. The molecule has 146 valence electrons. The third-order valence-corrected chi connectivity index (χ3v) is 7.90. The number of ether oxygens (including phenoxy) is 1. The molecule has 1 aromatic heterocycles. The number of benzene rings is 1. The summed E-state index contributed by atoms with van der Waals surface area (Å²) < 4.78 is 6.19. The molecule has 0 atom stereocenters. The molecule has 28 heavy (non-hydrogen) atoms. The lowest BCUT2D eigenvalue weighted by Gasteiger charge is -2.42. The van der Waals surface area contributed by atoms with Gasteiger partial charge in [-0.3, -0.25) is 4.79 Å². The van der Waals surface area contributed by atoms with Crippen LogP contribution in [0.25, 0.3) is 5.57 Å². The monoisotopic (exact) mass is 393 g/mol. The molecular formula is C24H27NO2S. The van der Waals surface area contributed by atoms with Crippen molar-refractivity contribution < 1.29 is 9.53 Å². The van der Waals surface area contributed by atoms with Gasteiger partial charge in [0.2, 0.25) is 5.91 Å². The Kier molecular flexibility index (Phi) is 4.54. The van der Waals surface area contributed by atoms with Crippen LogP contribution in [-0.4, -0.2) is 29.5 Å². The maximum Gasteiger partial charge on any atom is 0.233 e. The van der Waals surface area contributed by atoms with Crippen molar-refractivity contribution in [2.24, 2.45) is 0 Å². The number of thiophene rings is 1. The van der Waals surface area contributed by atoms with E-state index in [9.17, 15) is 4.79 Å². The predicted octanol–water partition coefficient (Wildman–Crippen LogP) is 5.38. The van der Waals surface area contributed by atoms with Crippen molar-refractivity contribution in [1.82, 2.24) is 4.90 Å². The summed E-state index contributed by atoms with van der Waals surface area (Å²) >= 11 is 1.77. The first-order chi connectivity index (χ1) is 13.7. The molecular weight excluding hydrogens is 366 g/mol. The number of hydrogen-bond donors (Lipinski definition) is 0. The van der Waals surface area contributed by atoms with Crippen LogP contribution in [0.1, 0.15) is 55.4 Å². The van der Waals surface area contributed by atoms with Crippen LogP contribution in [0.5, 0.6) is 0 Å². The van der Waals surface area contributed by atoms with Crippen LogP contribution in [0.2, 0.25) is 0 Å². The Morgan fingerprint density at radius 3 is 2.39 bits per heavy atom. The molecule has 0 N–H and O–H groups in total. The number of carbonyl (C=O) groups excluding carboxylic acids is 1. The molecule has 1 saturated heterocycles. The van der Waals surface area contributed by atoms with Crippen LogP contribution in [0.4, 0.5) is 0 Å². The maximum absolute atomic E-state index is 13.7. The average Bonchev–Trinajstić information content (AvgIpc) is 3.50. The Balaban J connectivity index is 1.29. The summed E-state index contributed by atoms with van der Waals surface area (Å²) in [4.78, 5) is 17.1. The molecule has 1 saturated carbocycles. The van der Waals surface area contributed by atoms with Gasteiger partial charge in [-0.05, 0) is 29.9 Å². The van der Waals surface area contributed by atoms with Crippen molar-refractivity contribution in [3.05, 3.63) is 64.5 Å². The van der Waals surface area contributed by atoms with E-state index in [-0.39, 0.29) is 11.0 Å². The van der Waals surface area contributed by atoms with E-state index in [1.807, 2.05) is 12.3 Å². The topological polar surface area (TPSA) is 29.5 Å². The summed E-state index contributed by atoms with van der Waals surface area (Å²) in [6.45, 7) is 1.61. The van der Waals surface area contributed by atoms with E-state index < -0.39 is 0 Å². The first kappa shape index (κ1) is 18.0. The van der Waals surface area contributed by atoms with Crippen molar-refractivity contribution >= 4 is 22.8 Å². The molecule has 3 aliphatic rings. The summed E-state index contributed by atoms with van der Waals surface area (Å²) in [7, 11) is 0. The molecule has 1 aliphatic carbocycles. The largest absolute Gasteiger partial charge is 0.494 e. The van der Waals surface area contributed by atoms with Crippen LogP contribution in [0, 0.1) is 0 Å². The molecule has 3 nitrogen and oxygen atoms in total. The molecule has 0 unspecified atom stereocenters. The minimum atomic E-state index is -0.303. The molecule has 1 aromatic carbocycles. The second kappa shape index (κ2) is 7.07. The molecule has 1 spiro atoms. The molecule has 0 bridgehead atoms. The quantitative estimate of drug-likeness (QED) is 0.700. The zero-order valence-corrected chi connectivity index (χ0v) is 17.0. The summed E-state index contributed by atoms with van der Waals surface area (Å²) in [5, 5.41) is 2.12. The van der Waals surface area contributed by atoms with Gasteiger partial charge in [0, 0.05) is 42.8 Å². The Bertz CT molecular complexity index is 857. The second-order valence-corrected chi connectivity index (χ2v) is 9.49. The average molecular weight is 394 g/mol. The maximum atomic E-state index is 13.7. The Morgan fingerprint density at radius 2 is 1.71 bits per heavy atom. The van der Waals surface area contributed by atoms with Gasteiger partial charge in [-0.25, -0.2) is 0 Å². The van der Waals surface area contributed by atoms with E-state index in [0.29, 0.717) is 5.91 Å². The van der Waals surface area contributed by atoms with Crippen molar-refractivity contribution in [2.75, 3.05) is 13.1 Å². The standard InChI is InChI=1S/C24H27NO2S/c26-22(24(10-4-5-11-24)20-7-2-1-3-8-20)25-14-12-23(13-15-25)17-19(18-27-23)21-9-6-16-28-21/h1-3,6-9,16,18H,4-5,10-15,17H2. The van der Waals surface area contributed by atoms with Gasteiger partial charge in [-0.15, -0.1) is 11.3 Å². The van der Waals surface area contributed by atoms with Crippen molar-refractivity contribution in [3.63, 3.8) is 0 Å². The third kappa shape index (κ3) is 2.98. The number of rotatable bonds is 3. The van der Waals surface area contributed by atoms with Crippen molar-refractivity contribution in [3.8, 4) is 0 Å². The molecule has 0 radical (unpaired) electrons. The molecule has 3 heterocycles. The number of amides is 1. The van der Waals surface area contributed by atoms with Gasteiger partial charge in [-0.2, -0.15) is 0 Å². The second-order valence-electron chi connectivity index (χ2n) is 8.55. The number of carbonyl (C=O) groups is 1. The number of hydrogen-bond acceptors (Lipinski definition) is 3. The van der Waals surface area contributed by atoms with Gasteiger partial charge < -0.3 is 9.64 Å². The van der Waals surface area contributed by atoms with Gasteiger partial charge in [0.05, 0.1) is 11.7 Å². The lowest BCUT2D eigenvalue weighted by atomic mass is 9.76. The lowest BCUT2D eigenvalue weighted by molar-refractivity contribution is -0.141. The van der Waals surface area contributed by atoms with Gasteiger partial charge in [0.15, 0.2) is 0 Å². The SMILES string of the molecule is O=C(N1CCC2(CC1)CC(c1cccs1)=CO2)C1(c2ccccc2)CCCC1. The smallest absolute Gasteiger partial charge is 0.233 e. The Labute approximate surface area is 171 Å². The van der Waals surface area contributed by atoms with E-state index in [0.717, 1.165) is 58.0 Å². The molecule has 1 amide bonds. The number of likely N-dealkylation sites (tertiary alicyclic amines) is 1. The number of piperidine rings is 1. The summed E-state index contributed by atoms with van der Waals surface area (Å²) in [6, 6.07) is 14.7. The minimum absolute atomic E-state index is 0.105. The Morgan fingerprint density at radius 1 is 0.964 bits per heavy atom. The Hall–Kier alpha value is -2.07. The molecule has 5 rings (SSSR count). The van der Waals surface area contributed by atoms with Gasteiger partial charge in [0.25, 0.3) is 0 Å². The molecule has 2 aromatic rings. The van der Waals surface area contributed by atoms with Gasteiger partial charge in [-0.1, -0.05) is 49.2 Å². The minimum Gasteiger partial charge on any atom is -0.494 e. The fourth-order valence-corrected chi connectivity index (χ4v) is 6.04. The predicted molar refractivity (Wildman–Crippen MR) is 113 cm³/mol. The van der Waals surface area contributed by atoms with E-state index in [1.54, 1.807) is 11.3 Å². The molecule has 2 fully saturated rings. The van der Waals surface area contributed by atoms with E-state index in [2.05, 4.69) is 46.7 Å². The van der Waals surface area contributed by atoms with E-state index >= 15 is 0 Å². The van der Waals surface area contributed by atoms with Crippen LogP contribution in [-0.2, 0) is 14.9 Å². The van der Waals surface area contributed by atoms with Crippen molar-refractivity contribution in [1.29, 1.82) is 0 Å². The molecule has 2 aliphatic heterocycles. The summed E-state index contributed by atoms with van der Waals surface area (Å²) in [5.41, 5.74) is 2.11. The highest BCUT2D eigenvalue weighted by atomic mass is 32.1. The van der Waals surface area contributed by atoms with Crippen molar-refractivity contribution in [2.45, 2.75) is 56.0 Å². The molecule has 4 heteroatoms. The highest BCUT2D eigenvalue weighted by Gasteiger charge is 2.48. The first-order valence-electron chi connectivity index (χ1n) is 10.5. The lowest BCUT2D eigenvalue weighted by Crippen LogP contribution is -2.52. The highest BCUT2D eigenvalue weighted by Crippen LogP contribution is 2.46. The van der Waals surface area contributed by atoms with Crippen LogP contribution < -0.4 is 0 Å². The van der Waals surface area contributed by atoms with E-state index in [4.69, 9.17) is 4.74 Å². The van der Waals surface area contributed by atoms with Gasteiger partial charge in [0.1, 0.15) is 5.60 Å². The fraction of sp³-hybridized carbons (Fsp3) is 0.458. The van der Waals surface area contributed by atoms with Crippen LogP contribution >= 0.6 is 11.3 Å².